The monoisotopic (exact) mass is 777 g/mol. The lowest BCUT2D eigenvalue weighted by molar-refractivity contribution is -0.114. The summed E-state index contributed by atoms with van der Waals surface area (Å²) in [6.45, 7) is -1.77. The summed E-state index contributed by atoms with van der Waals surface area (Å²) in [6, 6.07) is 0. The molecular weight excluding hydrogens is 755 g/mol. The summed E-state index contributed by atoms with van der Waals surface area (Å²) in [7, 11) is 0. The number of halogens is 3. The highest BCUT2D eigenvalue weighted by Crippen LogP contribution is 2.36. The second-order valence-corrected chi connectivity index (χ2v) is 9.74. The minimum atomic E-state index is -1.70. The summed E-state index contributed by atoms with van der Waals surface area (Å²) in [5.41, 5.74) is -1.47. The Morgan fingerprint density at radius 3 is 1.81 bits per heavy atom. The number of aliphatic hydroxyl groups excluding tert-OH is 5. The second kappa shape index (κ2) is 12.8. The van der Waals surface area contributed by atoms with E-state index in [9.17, 15) is 34.8 Å². The summed E-state index contributed by atoms with van der Waals surface area (Å²) in [4.78, 5) is 37.6. The molecule has 1 aromatic carbocycles. The summed E-state index contributed by atoms with van der Waals surface area (Å²) in [6.07, 6.45) is -1.18. The van der Waals surface area contributed by atoms with Crippen LogP contribution in [0.25, 0.3) is 0 Å². The number of carbonyl (C=O) groups excluding carboxylic acids is 3. The Labute approximate surface area is 218 Å². The van der Waals surface area contributed by atoms with Gasteiger partial charge in [0.1, 0.15) is 5.54 Å². The SMILES string of the molecule is CC(=O)Nc1c(I)c(C(=O)NCC(O)CO)c(I)c(C(=O)NC(CO)(CO)CO)c1I. The predicted molar refractivity (Wildman–Crippen MR) is 136 cm³/mol. The van der Waals surface area contributed by atoms with E-state index in [0.29, 0.717) is 7.14 Å². The Kier molecular flexibility index (Phi) is 11.8. The third kappa shape index (κ3) is 7.05. The normalized spacial score (nSPS) is 12.3. The van der Waals surface area contributed by atoms with Gasteiger partial charge in [0.15, 0.2) is 0 Å². The zero-order chi connectivity index (χ0) is 23.9. The van der Waals surface area contributed by atoms with Crippen molar-refractivity contribution in [2.45, 2.75) is 18.6 Å². The van der Waals surface area contributed by atoms with Gasteiger partial charge >= 0.3 is 0 Å². The van der Waals surface area contributed by atoms with E-state index in [0.717, 1.165) is 0 Å². The molecule has 0 aromatic heterocycles. The minimum absolute atomic E-state index is 0.0158. The Morgan fingerprint density at radius 2 is 1.39 bits per heavy atom. The highest BCUT2D eigenvalue weighted by atomic mass is 127. The fraction of sp³-hybridized carbons (Fsp3) is 0.471. The van der Waals surface area contributed by atoms with Crippen molar-refractivity contribution in [2.75, 3.05) is 38.3 Å². The summed E-state index contributed by atoms with van der Waals surface area (Å²) in [5.74, 6) is -1.89. The average molecular weight is 777 g/mol. The van der Waals surface area contributed by atoms with Crippen molar-refractivity contribution < 1.29 is 39.9 Å². The van der Waals surface area contributed by atoms with E-state index in [-0.39, 0.29) is 26.9 Å². The number of nitrogens with one attached hydrogen (secondary N) is 3. The molecule has 11 nitrogen and oxygen atoms in total. The largest absolute Gasteiger partial charge is 0.394 e. The van der Waals surface area contributed by atoms with E-state index < -0.39 is 55.8 Å². The molecule has 0 saturated heterocycles. The Bertz CT molecular complexity index is 840. The lowest BCUT2D eigenvalue weighted by Gasteiger charge is -2.29. The van der Waals surface area contributed by atoms with Crippen LogP contribution in [0.2, 0.25) is 0 Å². The zero-order valence-electron chi connectivity index (χ0n) is 16.2. The van der Waals surface area contributed by atoms with Crippen LogP contribution in [0.5, 0.6) is 0 Å². The molecule has 14 heteroatoms. The number of hydrogen-bond acceptors (Lipinski definition) is 8. The minimum Gasteiger partial charge on any atom is -0.394 e. The van der Waals surface area contributed by atoms with Crippen molar-refractivity contribution in [3.05, 3.63) is 21.8 Å². The van der Waals surface area contributed by atoms with Crippen LogP contribution in [-0.4, -0.2) is 87.9 Å². The van der Waals surface area contributed by atoms with Crippen LogP contribution in [0.3, 0.4) is 0 Å². The van der Waals surface area contributed by atoms with Crippen molar-refractivity contribution in [3.63, 3.8) is 0 Å². The molecule has 0 heterocycles. The standard InChI is InChI=1S/C17H22I3N3O8/c1-7(28)22-14-12(19)9(15(30)21-2-8(29)3-24)11(18)10(13(14)20)16(31)23-17(4-25,5-26)6-27/h8,24-27,29H,2-6H2,1H3,(H,21,30)(H,22,28)(H,23,31). The number of amides is 3. The van der Waals surface area contributed by atoms with Gasteiger partial charge in [0.05, 0.1) is 56.5 Å². The first-order chi connectivity index (χ1) is 14.5. The molecule has 1 aromatic rings. The molecule has 1 unspecified atom stereocenters. The quantitative estimate of drug-likeness (QED) is 0.139. The van der Waals surface area contributed by atoms with Crippen LogP contribution >= 0.6 is 67.8 Å². The van der Waals surface area contributed by atoms with Gasteiger partial charge in [-0.05, 0) is 67.8 Å². The van der Waals surface area contributed by atoms with Crippen molar-refractivity contribution in [2.24, 2.45) is 0 Å². The van der Waals surface area contributed by atoms with E-state index in [2.05, 4.69) is 16.0 Å². The molecule has 174 valence electrons. The van der Waals surface area contributed by atoms with E-state index in [1.165, 1.54) is 6.92 Å². The van der Waals surface area contributed by atoms with Gasteiger partial charge in [0, 0.05) is 17.0 Å². The molecule has 0 bridgehead atoms. The highest BCUT2D eigenvalue weighted by Gasteiger charge is 2.34. The van der Waals surface area contributed by atoms with Crippen molar-refractivity contribution in [1.82, 2.24) is 10.6 Å². The fourth-order valence-electron chi connectivity index (χ4n) is 2.28. The second-order valence-electron chi connectivity index (χ2n) is 6.50. The van der Waals surface area contributed by atoms with Gasteiger partial charge in [0.2, 0.25) is 5.91 Å². The Balaban J connectivity index is 3.61. The summed E-state index contributed by atoms with van der Waals surface area (Å²) >= 11 is 5.46. The topological polar surface area (TPSA) is 188 Å². The van der Waals surface area contributed by atoms with Crippen LogP contribution < -0.4 is 16.0 Å². The molecule has 0 spiro atoms. The molecule has 0 fully saturated rings. The van der Waals surface area contributed by atoms with Crippen molar-refractivity contribution >= 4 is 91.2 Å². The van der Waals surface area contributed by atoms with Gasteiger partial charge in [-0.2, -0.15) is 0 Å². The van der Waals surface area contributed by atoms with Gasteiger partial charge in [-0.1, -0.05) is 0 Å². The lowest BCUT2D eigenvalue weighted by Crippen LogP contribution is -2.57. The molecule has 0 aliphatic carbocycles. The summed E-state index contributed by atoms with van der Waals surface area (Å²) in [5, 5.41) is 54.4. The third-order valence-corrected chi connectivity index (χ3v) is 7.30. The summed E-state index contributed by atoms with van der Waals surface area (Å²) < 4.78 is 0.845. The van der Waals surface area contributed by atoms with Gasteiger partial charge < -0.3 is 41.5 Å². The zero-order valence-corrected chi connectivity index (χ0v) is 22.7. The lowest BCUT2D eigenvalue weighted by atomic mass is 10.0. The number of aliphatic hydroxyl groups is 5. The molecule has 0 saturated carbocycles. The van der Waals surface area contributed by atoms with Crippen LogP contribution in [0.15, 0.2) is 0 Å². The molecule has 0 aliphatic heterocycles. The maximum Gasteiger partial charge on any atom is 0.254 e. The number of hydrogen-bond donors (Lipinski definition) is 8. The van der Waals surface area contributed by atoms with Gasteiger partial charge in [0.25, 0.3) is 11.8 Å². The number of rotatable bonds is 10. The molecule has 0 radical (unpaired) electrons. The first-order valence-corrected chi connectivity index (χ1v) is 11.9. The van der Waals surface area contributed by atoms with Crippen LogP contribution in [0.4, 0.5) is 5.69 Å². The van der Waals surface area contributed by atoms with Crippen molar-refractivity contribution in [3.8, 4) is 0 Å². The molecule has 0 aliphatic rings. The van der Waals surface area contributed by atoms with Crippen LogP contribution in [0, 0.1) is 10.7 Å². The van der Waals surface area contributed by atoms with Crippen LogP contribution in [-0.2, 0) is 4.79 Å². The predicted octanol–water partition coefficient (Wildman–Crippen LogP) is -1.01. The Morgan fingerprint density at radius 1 is 0.903 bits per heavy atom. The first-order valence-electron chi connectivity index (χ1n) is 8.68. The Hall–Kier alpha value is -0.380. The molecule has 3 amide bonds. The number of anilines is 1. The van der Waals surface area contributed by atoms with Crippen LogP contribution in [0.1, 0.15) is 27.6 Å². The van der Waals surface area contributed by atoms with E-state index >= 15 is 0 Å². The molecule has 1 rings (SSSR count). The molecule has 31 heavy (non-hydrogen) atoms. The highest BCUT2D eigenvalue weighted by molar-refractivity contribution is 14.1. The number of carbonyl (C=O) groups is 3. The fourth-order valence-corrected chi connectivity index (χ4v) is 6.70. The molecule has 1 atom stereocenters. The maximum atomic E-state index is 13.0. The van der Waals surface area contributed by atoms with Crippen molar-refractivity contribution in [1.29, 1.82) is 0 Å². The van der Waals surface area contributed by atoms with Gasteiger partial charge in [-0.25, -0.2) is 0 Å². The molecule has 8 N–H and O–H groups in total. The van der Waals surface area contributed by atoms with Gasteiger partial charge in [-0.15, -0.1) is 0 Å². The van der Waals surface area contributed by atoms with Gasteiger partial charge in [-0.3, -0.25) is 14.4 Å². The van der Waals surface area contributed by atoms with E-state index in [1.807, 2.05) is 45.2 Å². The third-order valence-electron chi connectivity index (χ3n) is 4.07. The van der Waals surface area contributed by atoms with E-state index in [1.54, 1.807) is 22.6 Å². The molecular formula is C17H22I3N3O8. The first kappa shape index (κ1) is 28.7. The smallest absolute Gasteiger partial charge is 0.254 e. The average Bonchev–Trinajstić information content (AvgIpc) is 2.73. The van der Waals surface area contributed by atoms with E-state index in [4.69, 9.17) is 5.11 Å². The number of benzene rings is 1. The maximum absolute atomic E-state index is 13.0.